The molecule has 0 saturated carbocycles. The van der Waals surface area contributed by atoms with Gasteiger partial charge in [-0.05, 0) is 56.3 Å². The summed E-state index contributed by atoms with van der Waals surface area (Å²) >= 11 is 1.72. The van der Waals surface area contributed by atoms with Gasteiger partial charge in [0.15, 0.2) is 5.96 Å². The van der Waals surface area contributed by atoms with E-state index >= 15 is 0 Å². The molecule has 1 amide bonds. The molecule has 1 aromatic heterocycles. The summed E-state index contributed by atoms with van der Waals surface area (Å²) in [7, 11) is 1.76. The molecule has 0 radical (unpaired) electrons. The highest BCUT2D eigenvalue weighted by Gasteiger charge is 2.16. The van der Waals surface area contributed by atoms with Crippen LogP contribution in [0.4, 0.5) is 10.5 Å². The van der Waals surface area contributed by atoms with Crippen molar-refractivity contribution in [1.29, 1.82) is 0 Å². The Hall–Kier alpha value is -1.81. The Bertz CT molecular complexity index is 741. The molecule has 0 bridgehead atoms. The van der Waals surface area contributed by atoms with Crippen LogP contribution in [0.3, 0.4) is 0 Å². The molecule has 0 aliphatic heterocycles. The van der Waals surface area contributed by atoms with E-state index in [2.05, 4.69) is 32.4 Å². The van der Waals surface area contributed by atoms with Crippen LogP contribution in [0.5, 0.6) is 0 Å². The van der Waals surface area contributed by atoms with Gasteiger partial charge in [0, 0.05) is 24.2 Å². The van der Waals surface area contributed by atoms with Crippen molar-refractivity contribution in [3.05, 3.63) is 52.2 Å². The third-order valence-electron chi connectivity index (χ3n) is 3.54. The highest BCUT2D eigenvalue weighted by molar-refractivity contribution is 14.0. The van der Waals surface area contributed by atoms with Gasteiger partial charge in [-0.25, -0.2) is 4.79 Å². The van der Waals surface area contributed by atoms with Gasteiger partial charge in [-0.15, -0.1) is 35.3 Å². The quantitative estimate of drug-likeness (QED) is 0.298. The molecule has 0 spiro atoms. The number of ether oxygens (including phenoxy) is 1. The van der Waals surface area contributed by atoms with E-state index in [1.54, 1.807) is 18.4 Å². The number of aliphatic imine (C=N–C) groups is 1. The van der Waals surface area contributed by atoms with Crippen molar-refractivity contribution in [2.24, 2.45) is 4.99 Å². The third kappa shape index (κ3) is 9.41. The summed E-state index contributed by atoms with van der Waals surface area (Å²) in [6.45, 7) is 7.05. The van der Waals surface area contributed by atoms with Crippen LogP contribution in [-0.4, -0.2) is 31.2 Å². The van der Waals surface area contributed by atoms with Crippen molar-refractivity contribution < 1.29 is 9.53 Å². The number of amides is 1. The van der Waals surface area contributed by atoms with Gasteiger partial charge in [-0.1, -0.05) is 18.2 Å². The molecule has 0 saturated heterocycles. The fraction of sp³-hybridized carbons (Fsp3) is 0.400. The Morgan fingerprint density at radius 2 is 1.86 bits per heavy atom. The van der Waals surface area contributed by atoms with Crippen LogP contribution in [0.2, 0.25) is 0 Å². The van der Waals surface area contributed by atoms with Crippen LogP contribution in [0.25, 0.3) is 0 Å². The summed E-state index contributed by atoms with van der Waals surface area (Å²) in [6.07, 6.45) is 0.407. The van der Waals surface area contributed by atoms with Crippen molar-refractivity contribution in [2.45, 2.75) is 39.3 Å². The Morgan fingerprint density at radius 1 is 1.14 bits per heavy atom. The molecule has 8 heteroatoms. The normalized spacial score (nSPS) is 11.4. The monoisotopic (exact) mass is 516 g/mol. The number of anilines is 1. The fourth-order valence-electron chi connectivity index (χ4n) is 2.31. The molecule has 1 heterocycles. The number of halogens is 1. The third-order valence-corrected chi connectivity index (χ3v) is 4.42. The van der Waals surface area contributed by atoms with Gasteiger partial charge >= 0.3 is 6.09 Å². The SMILES string of the molecule is CN=C(NCCc1ccc(NC(=O)OC(C)(C)C)cc1)NCc1cccs1.I. The van der Waals surface area contributed by atoms with Crippen molar-refractivity contribution in [3.63, 3.8) is 0 Å². The zero-order valence-electron chi connectivity index (χ0n) is 16.7. The number of carbonyl (C=O) groups excluding carboxylic acids is 1. The number of hydrogen-bond donors (Lipinski definition) is 3. The van der Waals surface area contributed by atoms with Crippen LogP contribution in [-0.2, 0) is 17.7 Å². The van der Waals surface area contributed by atoms with E-state index in [9.17, 15) is 4.79 Å². The molecular weight excluding hydrogens is 487 g/mol. The maximum absolute atomic E-state index is 11.8. The van der Waals surface area contributed by atoms with Crippen LogP contribution in [0.1, 0.15) is 31.2 Å². The number of rotatable bonds is 6. The van der Waals surface area contributed by atoms with Crippen molar-refractivity contribution >= 4 is 53.1 Å². The maximum atomic E-state index is 11.8. The smallest absolute Gasteiger partial charge is 0.412 e. The van der Waals surface area contributed by atoms with E-state index in [-0.39, 0.29) is 24.0 Å². The number of thiophene rings is 1. The highest BCUT2D eigenvalue weighted by atomic mass is 127. The summed E-state index contributed by atoms with van der Waals surface area (Å²) in [4.78, 5) is 17.3. The second kappa shape index (κ2) is 11.9. The van der Waals surface area contributed by atoms with Crippen LogP contribution in [0.15, 0.2) is 46.8 Å². The minimum Gasteiger partial charge on any atom is -0.444 e. The summed E-state index contributed by atoms with van der Waals surface area (Å²) in [5.41, 5.74) is 1.38. The molecule has 2 rings (SSSR count). The van der Waals surface area contributed by atoms with E-state index in [0.29, 0.717) is 0 Å². The Kier molecular flexibility index (Phi) is 10.3. The van der Waals surface area contributed by atoms with E-state index in [4.69, 9.17) is 4.74 Å². The van der Waals surface area contributed by atoms with Gasteiger partial charge in [0.25, 0.3) is 0 Å². The standard InChI is InChI=1S/C20H28N4O2S.HI/c1-20(2,3)26-19(25)24-16-9-7-15(8-10-16)11-12-22-18(21-4)23-14-17-6-5-13-27-17;/h5-10,13H,11-12,14H2,1-4H3,(H,24,25)(H2,21,22,23);1H. The maximum Gasteiger partial charge on any atom is 0.412 e. The van der Waals surface area contributed by atoms with E-state index < -0.39 is 11.7 Å². The number of hydrogen-bond acceptors (Lipinski definition) is 4. The lowest BCUT2D eigenvalue weighted by Crippen LogP contribution is -2.37. The molecule has 0 atom stereocenters. The second-order valence-corrected chi connectivity index (χ2v) is 8.04. The first-order valence-electron chi connectivity index (χ1n) is 8.91. The molecule has 154 valence electrons. The molecule has 2 aromatic rings. The van der Waals surface area contributed by atoms with Gasteiger partial charge in [-0.3, -0.25) is 10.3 Å². The average Bonchev–Trinajstić information content (AvgIpc) is 3.11. The first-order chi connectivity index (χ1) is 12.9. The predicted molar refractivity (Wildman–Crippen MR) is 128 cm³/mol. The first-order valence-corrected chi connectivity index (χ1v) is 9.79. The molecule has 28 heavy (non-hydrogen) atoms. The van der Waals surface area contributed by atoms with E-state index in [0.717, 1.165) is 31.2 Å². The molecule has 1 aromatic carbocycles. The van der Waals surface area contributed by atoms with E-state index in [1.165, 1.54) is 10.4 Å². The topological polar surface area (TPSA) is 74.8 Å². The average molecular weight is 516 g/mol. The molecule has 0 unspecified atom stereocenters. The lowest BCUT2D eigenvalue weighted by atomic mass is 10.1. The van der Waals surface area contributed by atoms with Crippen molar-refractivity contribution in [3.8, 4) is 0 Å². The number of carbonyl (C=O) groups is 1. The van der Waals surface area contributed by atoms with E-state index in [1.807, 2.05) is 51.1 Å². The highest BCUT2D eigenvalue weighted by Crippen LogP contribution is 2.13. The molecule has 0 fully saturated rings. The van der Waals surface area contributed by atoms with Crippen LogP contribution >= 0.6 is 35.3 Å². The Morgan fingerprint density at radius 3 is 2.43 bits per heavy atom. The predicted octanol–water partition coefficient (Wildman–Crippen LogP) is 4.62. The second-order valence-electron chi connectivity index (χ2n) is 7.01. The Labute approximate surface area is 188 Å². The minimum atomic E-state index is -0.508. The zero-order chi connectivity index (χ0) is 19.7. The van der Waals surface area contributed by atoms with Crippen LogP contribution in [0, 0.1) is 0 Å². The van der Waals surface area contributed by atoms with Gasteiger partial charge in [0.05, 0.1) is 6.54 Å². The van der Waals surface area contributed by atoms with Gasteiger partial charge in [-0.2, -0.15) is 0 Å². The number of guanidine groups is 1. The summed E-state index contributed by atoms with van der Waals surface area (Å²) < 4.78 is 5.25. The van der Waals surface area contributed by atoms with Crippen molar-refractivity contribution in [2.75, 3.05) is 18.9 Å². The lowest BCUT2D eigenvalue weighted by Gasteiger charge is -2.19. The van der Waals surface area contributed by atoms with Crippen LogP contribution < -0.4 is 16.0 Å². The number of nitrogens with zero attached hydrogens (tertiary/aromatic N) is 1. The molecule has 0 aliphatic carbocycles. The molecular formula is C20H29IN4O2S. The summed E-state index contributed by atoms with van der Waals surface area (Å²) in [6, 6.07) is 11.9. The molecule has 3 N–H and O–H groups in total. The Balaban J connectivity index is 0.00000392. The van der Waals surface area contributed by atoms with Crippen molar-refractivity contribution in [1.82, 2.24) is 10.6 Å². The van der Waals surface area contributed by atoms with Gasteiger partial charge in [0.2, 0.25) is 0 Å². The first kappa shape index (κ1) is 24.2. The fourth-order valence-corrected chi connectivity index (χ4v) is 2.95. The summed E-state index contributed by atoms with van der Waals surface area (Å²) in [5, 5.41) is 11.4. The van der Waals surface area contributed by atoms with Gasteiger partial charge in [0.1, 0.15) is 5.60 Å². The molecule has 6 nitrogen and oxygen atoms in total. The van der Waals surface area contributed by atoms with Gasteiger partial charge < -0.3 is 15.4 Å². The number of benzene rings is 1. The number of nitrogens with one attached hydrogen (secondary N) is 3. The minimum absolute atomic E-state index is 0. The summed E-state index contributed by atoms with van der Waals surface area (Å²) in [5.74, 6) is 0.784. The molecule has 0 aliphatic rings. The zero-order valence-corrected chi connectivity index (χ0v) is 19.9. The largest absolute Gasteiger partial charge is 0.444 e. The lowest BCUT2D eigenvalue weighted by molar-refractivity contribution is 0.0636.